The Balaban J connectivity index is 1.72. The third-order valence-corrected chi connectivity index (χ3v) is 7.42. The first-order valence-corrected chi connectivity index (χ1v) is 10.3. The molecular formula is C22H32N2O3. The lowest BCUT2D eigenvalue weighted by Crippen LogP contribution is -2.56. The quantitative estimate of drug-likeness (QED) is 0.640. The van der Waals surface area contributed by atoms with Crippen LogP contribution in [0, 0.1) is 17.8 Å². The third kappa shape index (κ3) is 3.05. The molecule has 0 heterocycles. The zero-order chi connectivity index (χ0) is 19.2. The van der Waals surface area contributed by atoms with Crippen molar-refractivity contribution in [1.29, 1.82) is 0 Å². The third-order valence-electron chi connectivity index (χ3n) is 7.42. The summed E-state index contributed by atoms with van der Waals surface area (Å²) in [5.41, 5.74) is 6.76. The Kier molecular flexibility index (Phi) is 4.71. The Bertz CT molecular complexity index is 732. The first-order chi connectivity index (χ1) is 12.9. The highest BCUT2D eigenvalue weighted by Gasteiger charge is 2.63. The molecule has 148 valence electrons. The van der Waals surface area contributed by atoms with Crippen LogP contribution in [0.4, 0.5) is 0 Å². The van der Waals surface area contributed by atoms with Crippen LogP contribution in [0.3, 0.4) is 0 Å². The van der Waals surface area contributed by atoms with Gasteiger partial charge in [-0.05, 0) is 86.7 Å². The van der Waals surface area contributed by atoms with Crippen LogP contribution in [-0.4, -0.2) is 36.8 Å². The van der Waals surface area contributed by atoms with Crippen LogP contribution in [0.2, 0.25) is 0 Å². The Labute approximate surface area is 161 Å². The van der Waals surface area contributed by atoms with Crippen molar-refractivity contribution in [2.75, 3.05) is 20.2 Å². The number of amides is 1. The monoisotopic (exact) mass is 372 g/mol. The number of rotatable bonds is 7. The van der Waals surface area contributed by atoms with Gasteiger partial charge >= 0.3 is 0 Å². The van der Waals surface area contributed by atoms with Crippen molar-refractivity contribution in [1.82, 2.24) is 5.32 Å². The number of methoxy groups -OCH3 is 1. The number of aliphatic hydroxyl groups is 1. The highest BCUT2D eigenvalue weighted by Crippen LogP contribution is 2.60. The van der Waals surface area contributed by atoms with E-state index in [0.717, 1.165) is 43.2 Å². The molecule has 2 saturated carbocycles. The molecule has 5 nitrogen and oxygen atoms in total. The molecule has 0 bridgehead atoms. The maximum absolute atomic E-state index is 12.1. The molecule has 0 saturated heterocycles. The molecule has 0 aliphatic heterocycles. The molecule has 1 aromatic rings. The minimum Gasteiger partial charge on any atom is -0.497 e. The first kappa shape index (κ1) is 18.8. The molecule has 4 N–H and O–H groups in total. The van der Waals surface area contributed by atoms with Crippen LogP contribution in [0.15, 0.2) is 18.2 Å². The smallest absolute Gasteiger partial charge is 0.220 e. The van der Waals surface area contributed by atoms with Crippen molar-refractivity contribution in [2.24, 2.45) is 23.5 Å². The molecule has 0 radical (unpaired) electrons. The van der Waals surface area contributed by atoms with Gasteiger partial charge in [0.1, 0.15) is 5.75 Å². The minimum absolute atomic E-state index is 0.0891. The number of hydrogen-bond acceptors (Lipinski definition) is 4. The fourth-order valence-electron chi connectivity index (χ4n) is 5.65. The Morgan fingerprint density at radius 3 is 2.81 bits per heavy atom. The number of nitrogens with one attached hydrogen (secondary N) is 1. The minimum atomic E-state index is -0.909. The van der Waals surface area contributed by atoms with Gasteiger partial charge in [-0.25, -0.2) is 0 Å². The van der Waals surface area contributed by atoms with Crippen LogP contribution in [0.25, 0.3) is 0 Å². The topological polar surface area (TPSA) is 84.6 Å². The van der Waals surface area contributed by atoms with Crippen LogP contribution >= 0.6 is 0 Å². The van der Waals surface area contributed by atoms with Crippen LogP contribution in [0.1, 0.15) is 50.2 Å². The Hall–Kier alpha value is -1.59. The summed E-state index contributed by atoms with van der Waals surface area (Å²) in [7, 11) is 1.67. The summed E-state index contributed by atoms with van der Waals surface area (Å²) in [4.78, 5) is 12.1. The van der Waals surface area contributed by atoms with Crippen molar-refractivity contribution in [3.8, 4) is 5.75 Å². The van der Waals surface area contributed by atoms with E-state index in [1.165, 1.54) is 18.4 Å². The van der Waals surface area contributed by atoms with Crippen LogP contribution in [-0.2, 0) is 16.6 Å². The van der Waals surface area contributed by atoms with E-state index in [4.69, 9.17) is 10.5 Å². The summed E-state index contributed by atoms with van der Waals surface area (Å²) in [6.45, 7) is 4.00. The lowest BCUT2D eigenvalue weighted by atomic mass is 9.57. The fourth-order valence-corrected chi connectivity index (χ4v) is 5.65. The van der Waals surface area contributed by atoms with E-state index in [1.807, 2.05) is 6.07 Å². The highest BCUT2D eigenvalue weighted by molar-refractivity contribution is 5.78. The number of benzene rings is 1. The largest absolute Gasteiger partial charge is 0.497 e. The molecule has 5 heteroatoms. The predicted octanol–water partition coefficient (Wildman–Crippen LogP) is 2.14. The molecule has 27 heavy (non-hydrogen) atoms. The van der Waals surface area contributed by atoms with Crippen LogP contribution < -0.4 is 15.8 Å². The number of hydrogen-bond donors (Lipinski definition) is 3. The molecule has 4 rings (SSSR count). The van der Waals surface area contributed by atoms with E-state index in [0.29, 0.717) is 12.8 Å². The SMILES string of the molecule is COc1ccc2c(c1)C1(CCNCC3CC3)C[C@@H](C(N)=O)C[C@@]1(O)[C@H](C)C2. The number of primary amides is 1. The van der Waals surface area contributed by atoms with Gasteiger partial charge in [-0.15, -0.1) is 0 Å². The lowest BCUT2D eigenvalue weighted by molar-refractivity contribution is -0.122. The second-order valence-corrected chi connectivity index (χ2v) is 9.04. The molecule has 1 aromatic carbocycles. The van der Waals surface area contributed by atoms with Gasteiger partial charge in [0.15, 0.2) is 0 Å². The molecule has 3 aliphatic carbocycles. The van der Waals surface area contributed by atoms with Gasteiger partial charge in [0.2, 0.25) is 5.91 Å². The van der Waals surface area contributed by atoms with Gasteiger partial charge in [-0.2, -0.15) is 0 Å². The maximum atomic E-state index is 12.1. The second kappa shape index (κ2) is 6.78. The average Bonchev–Trinajstić information content (AvgIpc) is 3.41. The normalized spacial score (nSPS) is 34.8. The fraction of sp³-hybridized carbons (Fsp3) is 0.682. The number of nitrogens with two attached hydrogens (primary N) is 1. The predicted molar refractivity (Wildman–Crippen MR) is 105 cm³/mol. The molecule has 2 fully saturated rings. The molecule has 4 atom stereocenters. The van der Waals surface area contributed by atoms with Crippen molar-refractivity contribution in [2.45, 2.75) is 56.5 Å². The van der Waals surface area contributed by atoms with Crippen molar-refractivity contribution in [3.05, 3.63) is 29.3 Å². The van der Waals surface area contributed by atoms with E-state index >= 15 is 0 Å². The molecule has 0 aromatic heterocycles. The zero-order valence-electron chi connectivity index (χ0n) is 16.5. The first-order valence-electron chi connectivity index (χ1n) is 10.3. The average molecular weight is 373 g/mol. The molecule has 1 unspecified atom stereocenters. The second-order valence-electron chi connectivity index (χ2n) is 9.04. The van der Waals surface area contributed by atoms with Crippen molar-refractivity contribution in [3.63, 3.8) is 0 Å². The number of ether oxygens (including phenoxy) is 1. The van der Waals surface area contributed by atoms with E-state index < -0.39 is 11.0 Å². The van der Waals surface area contributed by atoms with Crippen molar-refractivity contribution < 1.29 is 14.6 Å². The van der Waals surface area contributed by atoms with E-state index in [9.17, 15) is 9.90 Å². The number of carbonyl (C=O) groups excluding carboxylic acids is 1. The molecule has 3 aliphatic rings. The van der Waals surface area contributed by atoms with Gasteiger partial charge < -0.3 is 20.9 Å². The van der Waals surface area contributed by atoms with Crippen molar-refractivity contribution >= 4 is 5.91 Å². The summed E-state index contributed by atoms with van der Waals surface area (Å²) in [5.74, 6) is 1.14. The van der Waals surface area contributed by atoms with E-state index in [1.54, 1.807) is 7.11 Å². The Morgan fingerprint density at radius 1 is 1.37 bits per heavy atom. The number of fused-ring (bicyclic) bond motifs is 3. The number of carbonyl (C=O) groups is 1. The lowest BCUT2D eigenvalue weighted by Gasteiger charge is -2.51. The summed E-state index contributed by atoms with van der Waals surface area (Å²) < 4.78 is 5.48. The van der Waals surface area contributed by atoms with Gasteiger partial charge in [0.25, 0.3) is 0 Å². The molecule has 1 amide bonds. The van der Waals surface area contributed by atoms with Gasteiger partial charge in [-0.3, -0.25) is 4.79 Å². The van der Waals surface area contributed by atoms with Crippen LogP contribution in [0.5, 0.6) is 5.75 Å². The van der Waals surface area contributed by atoms with Gasteiger partial charge in [-0.1, -0.05) is 13.0 Å². The summed E-state index contributed by atoms with van der Waals surface area (Å²) in [6, 6.07) is 6.20. The molecular weight excluding hydrogens is 340 g/mol. The summed E-state index contributed by atoms with van der Waals surface area (Å²) in [6.07, 6.45) is 5.35. The summed E-state index contributed by atoms with van der Waals surface area (Å²) in [5, 5.41) is 15.5. The van der Waals surface area contributed by atoms with E-state index in [2.05, 4.69) is 24.4 Å². The van der Waals surface area contributed by atoms with Gasteiger partial charge in [0, 0.05) is 11.3 Å². The summed E-state index contributed by atoms with van der Waals surface area (Å²) >= 11 is 0. The van der Waals surface area contributed by atoms with E-state index in [-0.39, 0.29) is 17.7 Å². The standard InChI is InChI=1S/C22H32N2O3/c1-14-9-16-5-6-18(27-2)10-19(16)21(7-8-24-13-15-3-4-15)11-17(20(23)25)12-22(14,21)26/h5-6,10,14-15,17,24,26H,3-4,7-9,11-13H2,1-2H3,(H2,23,25)/t14-,17-,21?,22-/m1/s1. The Morgan fingerprint density at radius 2 is 2.15 bits per heavy atom. The zero-order valence-corrected chi connectivity index (χ0v) is 16.5. The maximum Gasteiger partial charge on any atom is 0.220 e. The molecule has 0 spiro atoms. The van der Waals surface area contributed by atoms with Gasteiger partial charge in [0.05, 0.1) is 12.7 Å². The highest BCUT2D eigenvalue weighted by atomic mass is 16.5.